The van der Waals surface area contributed by atoms with Crippen molar-refractivity contribution < 1.29 is 23.2 Å². The van der Waals surface area contributed by atoms with E-state index in [-0.39, 0.29) is 59.3 Å². The molecule has 11 nitrogen and oxygen atoms in total. The van der Waals surface area contributed by atoms with Crippen molar-refractivity contribution in [2.45, 2.75) is 58.0 Å². The summed E-state index contributed by atoms with van der Waals surface area (Å²) in [4.78, 5) is 64.9. The van der Waals surface area contributed by atoms with E-state index in [0.717, 1.165) is 25.0 Å². The Morgan fingerprint density at radius 2 is 1.69 bits per heavy atom. The largest absolute Gasteiger partial charge is 0.366 e. The third-order valence-corrected chi connectivity index (χ3v) is 7.98. The van der Waals surface area contributed by atoms with Crippen LogP contribution < -0.4 is 28.0 Å². The van der Waals surface area contributed by atoms with Gasteiger partial charge in [0.15, 0.2) is 0 Å². The van der Waals surface area contributed by atoms with Gasteiger partial charge in [0.05, 0.1) is 22.2 Å². The third kappa shape index (κ3) is 5.26. The minimum absolute atomic E-state index is 0.0540. The summed E-state index contributed by atoms with van der Waals surface area (Å²) < 4.78 is 33.2. The first-order chi connectivity index (χ1) is 19.9. The van der Waals surface area contributed by atoms with Crippen LogP contribution in [0, 0.1) is 17.6 Å². The Hall–Kier alpha value is -4.55. The summed E-state index contributed by atoms with van der Waals surface area (Å²) in [6.07, 6.45) is 2.65. The fourth-order valence-electron chi connectivity index (χ4n) is 5.70. The number of halogens is 2. The summed E-state index contributed by atoms with van der Waals surface area (Å²) in [5.41, 5.74) is 8.94. The predicted molar refractivity (Wildman–Crippen MR) is 152 cm³/mol. The molecule has 0 unspecified atom stereocenters. The van der Waals surface area contributed by atoms with E-state index in [2.05, 4.69) is 5.32 Å². The van der Waals surface area contributed by atoms with Crippen LogP contribution in [0.1, 0.15) is 77.8 Å². The molecule has 0 bridgehead atoms. The van der Waals surface area contributed by atoms with E-state index in [0.29, 0.717) is 12.8 Å². The minimum atomic E-state index is -1.01. The van der Waals surface area contributed by atoms with Crippen molar-refractivity contribution in [3.8, 4) is 0 Å². The highest BCUT2D eigenvalue weighted by molar-refractivity contribution is 5.98. The van der Waals surface area contributed by atoms with Gasteiger partial charge in [-0.05, 0) is 63.6 Å². The number of nitrogens with two attached hydrogens (primary N) is 2. The highest BCUT2D eigenvalue weighted by atomic mass is 19.1. The van der Waals surface area contributed by atoms with Crippen LogP contribution in [0.15, 0.2) is 33.9 Å². The van der Waals surface area contributed by atoms with Crippen molar-refractivity contribution in [1.29, 1.82) is 0 Å². The van der Waals surface area contributed by atoms with Crippen LogP contribution in [0.4, 0.5) is 19.3 Å². The molecule has 13 heteroatoms. The number of piperidine rings is 1. The highest BCUT2D eigenvalue weighted by Gasteiger charge is 2.32. The van der Waals surface area contributed by atoms with Gasteiger partial charge in [-0.15, -0.1) is 0 Å². The fourth-order valence-corrected chi connectivity index (χ4v) is 5.70. The molecule has 1 aliphatic carbocycles. The molecule has 1 atom stereocenters. The molecule has 3 aromatic rings. The summed E-state index contributed by atoms with van der Waals surface area (Å²) >= 11 is 0. The zero-order chi connectivity index (χ0) is 30.5. The maximum Gasteiger partial charge on any atom is 0.331 e. The number of benzene rings is 2. The van der Waals surface area contributed by atoms with Gasteiger partial charge in [0, 0.05) is 48.8 Å². The summed E-state index contributed by atoms with van der Waals surface area (Å²) in [7, 11) is 0. The van der Waals surface area contributed by atoms with E-state index < -0.39 is 52.2 Å². The second-order valence-electron chi connectivity index (χ2n) is 11.3. The van der Waals surface area contributed by atoms with Crippen molar-refractivity contribution >= 4 is 34.4 Å². The molecule has 1 saturated heterocycles. The number of anilines is 1. The Labute approximate surface area is 239 Å². The van der Waals surface area contributed by atoms with Gasteiger partial charge in [0.1, 0.15) is 11.6 Å². The van der Waals surface area contributed by atoms with Crippen LogP contribution in [-0.4, -0.2) is 45.0 Å². The van der Waals surface area contributed by atoms with Gasteiger partial charge in [-0.25, -0.2) is 18.4 Å². The lowest BCUT2D eigenvalue weighted by molar-refractivity contribution is 0.0982. The van der Waals surface area contributed by atoms with Crippen LogP contribution in [0.25, 0.3) is 10.9 Å². The van der Waals surface area contributed by atoms with Gasteiger partial charge in [0.25, 0.3) is 11.5 Å². The van der Waals surface area contributed by atoms with E-state index in [1.807, 2.05) is 0 Å². The van der Waals surface area contributed by atoms with Crippen LogP contribution >= 0.6 is 0 Å². The van der Waals surface area contributed by atoms with Gasteiger partial charge in [-0.2, -0.15) is 0 Å². The molecular formula is C29H32F2N6O5. The van der Waals surface area contributed by atoms with Crippen LogP contribution in [0.2, 0.25) is 0 Å². The number of fused-ring (bicyclic) bond motifs is 1. The van der Waals surface area contributed by atoms with Gasteiger partial charge in [0.2, 0.25) is 5.91 Å². The molecule has 1 saturated carbocycles. The molecule has 2 aromatic carbocycles. The standard InChI is InChI=1S/C29H32F2N6O5/c1-14(2)37-22-11-20(30)21(10-19(22)27(40)36(29(37)42)12-15-5-6-15)34-28(41)35-9-3-4-16(13-35)23-17(25(32)38)7-8-18(24(23)31)26(33)39/h7-8,10-11,14-16H,3-6,9,12-13H2,1-2H3,(H2,32,38)(H2,33,39)(H,34,41)/t16-/m0/s1. The molecule has 5 N–H and O–H groups in total. The van der Waals surface area contributed by atoms with Crippen molar-refractivity contribution in [3.63, 3.8) is 0 Å². The van der Waals surface area contributed by atoms with E-state index in [1.54, 1.807) is 13.8 Å². The maximum absolute atomic E-state index is 15.3. The summed E-state index contributed by atoms with van der Waals surface area (Å²) in [6, 6.07) is 3.56. The van der Waals surface area contributed by atoms with Crippen molar-refractivity contribution in [2.75, 3.05) is 18.4 Å². The Kier molecular flexibility index (Phi) is 7.60. The van der Waals surface area contributed by atoms with Gasteiger partial charge in [-0.3, -0.25) is 23.5 Å². The van der Waals surface area contributed by atoms with E-state index in [4.69, 9.17) is 11.5 Å². The number of aromatic nitrogens is 2. The lowest BCUT2D eigenvalue weighted by Gasteiger charge is -2.34. The second-order valence-corrected chi connectivity index (χ2v) is 11.3. The first kappa shape index (κ1) is 29.0. The Morgan fingerprint density at radius 1 is 1.02 bits per heavy atom. The first-order valence-electron chi connectivity index (χ1n) is 13.9. The average Bonchev–Trinajstić information content (AvgIpc) is 3.75. The number of urea groups is 1. The van der Waals surface area contributed by atoms with E-state index >= 15 is 8.78 Å². The number of amides is 4. The lowest BCUT2D eigenvalue weighted by atomic mass is 9.85. The number of hydrogen-bond acceptors (Lipinski definition) is 5. The zero-order valence-corrected chi connectivity index (χ0v) is 23.3. The second kappa shape index (κ2) is 11.0. The monoisotopic (exact) mass is 582 g/mol. The Balaban J connectivity index is 1.47. The first-order valence-corrected chi connectivity index (χ1v) is 13.9. The number of primary amides is 2. The molecule has 1 aliphatic heterocycles. The molecule has 2 aliphatic rings. The van der Waals surface area contributed by atoms with Crippen LogP contribution in [0.5, 0.6) is 0 Å². The molecule has 0 spiro atoms. The van der Waals surface area contributed by atoms with Gasteiger partial charge < -0.3 is 21.7 Å². The maximum atomic E-state index is 15.3. The molecule has 2 fully saturated rings. The topological polar surface area (TPSA) is 163 Å². The molecule has 2 heterocycles. The molecule has 0 radical (unpaired) electrons. The predicted octanol–water partition coefficient (Wildman–Crippen LogP) is 3.04. The molecule has 4 amide bonds. The molecule has 1 aromatic heterocycles. The molecular weight excluding hydrogens is 550 g/mol. The summed E-state index contributed by atoms with van der Waals surface area (Å²) in [5, 5.41) is 2.60. The molecule has 42 heavy (non-hydrogen) atoms. The number of carbonyl (C=O) groups excluding carboxylic acids is 3. The van der Waals surface area contributed by atoms with Gasteiger partial charge >= 0.3 is 11.7 Å². The van der Waals surface area contributed by atoms with Crippen molar-refractivity contribution in [3.05, 3.63) is 73.4 Å². The fraction of sp³-hybridized carbons (Fsp3) is 0.414. The number of hydrogen-bond donors (Lipinski definition) is 3. The smallest absolute Gasteiger partial charge is 0.331 e. The number of nitrogens with one attached hydrogen (secondary N) is 1. The number of likely N-dealkylation sites (tertiary alicyclic amines) is 1. The van der Waals surface area contributed by atoms with E-state index in [1.165, 1.54) is 26.2 Å². The quantitative estimate of drug-likeness (QED) is 0.389. The van der Waals surface area contributed by atoms with Crippen molar-refractivity contribution in [1.82, 2.24) is 14.0 Å². The van der Waals surface area contributed by atoms with Crippen molar-refractivity contribution in [2.24, 2.45) is 17.4 Å². The van der Waals surface area contributed by atoms with E-state index in [9.17, 15) is 24.0 Å². The zero-order valence-electron chi connectivity index (χ0n) is 23.3. The Bertz CT molecular complexity index is 1740. The number of rotatable bonds is 7. The van der Waals surface area contributed by atoms with Crippen LogP contribution in [-0.2, 0) is 6.54 Å². The normalized spacial score (nSPS) is 17.1. The Morgan fingerprint density at radius 3 is 2.31 bits per heavy atom. The average molecular weight is 583 g/mol. The summed E-state index contributed by atoms with van der Waals surface area (Å²) in [6.45, 7) is 4.00. The lowest BCUT2D eigenvalue weighted by Crippen LogP contribution is -2.43. The van der Waals surface area contributed by atoms with Gasteiger partial charge in [-0.1, -0.05) is 0 Å². The SMILES string of the molecule is CC(C)n1c(=O)n(CC2CC2)c(=O)c2cc(NC(=O)N3CCC[C@H](c4c(C(N)=O)ccc(C(N)=O)c4F)C3)c(F)cc21. The minimum Gasteiger partial charge on any atom is -0.366 e. The third-order valence-electron chi connectivity index (χ3n) is 7.98. The van der Waals surface area contributed by atoms with Crippen LogP contribution in [0.3, 0.4) is 0 Å². The number of carbonyl (C=O) groups is 3. The molecule has 5 rings (SSSR count). The highest BCUT2D eigenvalue weighted by Crippen LogP contribution is 2.34. The molecule has 222 valence electrons. The number of nitrogens with zero attached hydrogens (tertiary/aromatic N) is 3. The summed E-state index contributed by atoms with van der Waals surface area (Å²) in [5.74, 6) is -4.17.